The van der Waals surface area contributed by atoms with Crippen molar-refractivity contribution in [3.8, 4) is 17.2 Å². The molecule has 0 bridgehead atoms. The topological polar surface area (TPSA) is 48.2 Å². The van der Waals surface area contributed by atoms with Crippen LogP contribution in [0.1, 0.15) is 11.1 Å². The fraction of sp³-hybridized carbons (Fsp3) is 0.125. The van der Waals surface area contributed by atoms with Crippen molar-refractivity contribution in [2.24, 2.45) is 0 Å². The zero-order valence-corrected chi connectivity index (χ0v) is 11.1. The van der Waals surface area contributed by atoms with E-state index in [-0.39, 0.29) is 0 Å². The molecular weight excluding hydrogens is 252 g/mol. The van der Waals surface area contributed by atoms with Crippen LogP contribution in [0, 0.1) is 6.92 Å². The minimum Gasteiger partial charge on any atom is -0.489 e. The Morgan fingerprint density at radius 3 is 2.65 bits per heavy atom. The Hall–Kier alpha value is -2.62. The molecule has 3 rings (SSSR count). The van der Waals surface area contributed by atoms with Crippen molar-refractivity contribution in [3.05, 3.63) is 66.1 Å². The summed E-state index contributed by atoms with van der Waals surface area (Å²) in [6.07, 6.45) is 1.32. The number of ether oxygens (including phenoxy) is 1. The van der Waals surface area contributed by atoms with Gasteiger partial charge in [-0.05, 0) is 36.8 Å². The molecule has 0 amide bonds. The Bertz CT molecular complexity index is 676. The molecule has 2 aromatic carbocycles. The smallest absolute Gasteiger partial charge is 0.247 e. The van der Waals surface area contributed by atoms with Crippen LogP contribution in [0.25, 0.3) is 11.5 Å². The highest BCUT2D eigenvalue weighted by atomic mass is 16.5. The molecule has 0 saturated heterocycles. The maximum absolute atomic E-state index is 5.75. The predicted molar refractivity (Wildman–Crippen MR) is 75.2 cm³/mol. The van der Waals surface area contributed by atoms with Gasteiger partial charge in [-0.2, -0.15) is 0 Å². The molecule has 0 aliphatic rings. The Morgan fingerprint density at radius 1 is 1.10 bits per heavy atom. The second-order valence-corrected chi connectivity index (χ2v) is 4.55. The van der Waals surface area contributed by atoms with Gasteiger partial charge in [0, 0.05) is 5.56 Å². The van der Waals surface area contributed by atoms with E-state index in [1.807, 2.05) is 30.3 Å². The maximum Gasteiger partial charge on any atom is 0.247 e. The van der Waals surface area contributed by atoms with Crippen LogP contribution in [0.4, 0.5) is 0 Å². The van der Waals surface area contributed by atoms with Gasteiger partial charge in [-0.3, -0.25) is 0 Å². The number of rotatable bonds is 4. The van der Waals surface area contributed by atoms with E-state index in [0.29, 0.717) is 12.5 Å². The lowest BCUT2D eigenvalue weighted by Gasteiger charge is -2.07. The molecule has 20 heavy (non-hydrogen) atoms. The highest BCUT2D eigenvalue weighted by Crippen LogP contribution is 2.20. The number of aryl methyl sites for hydroxylation is 1. The average molecular weight is 266 g/mol. The van der Waals surface area contributed by atoms with Crippen molar-refractivity contribution in [1.82, 2.24) is 10.2 Å². The summed E-state index contributed by atoms with van der Waals surface area (Å²) in [6.45, 7) is 2.63. The van der Waals surface area contributed by atoms with Crippen LogP contribution in [0.2, 0.25) is 0 Å². The summed E-state index contributed by atoms with van der Waals surface area (Å²) in [7, 11) is 0. The first kappa shape index (κ1) is 12.4. The number of benzene rings is 2. The number of hydrogen-bond acceptors (Lipinski definition) is 4. The molecule has 3 aromatic rings. The quantitative estimate of drug-likeness (QED) is 0.723. The van der Waals surface area contributed by atoms with E-state index >= 15 is 0 Å². The van der Waals surface area contributed by atoms with Gasteiger partial charge in [-0.1, -0.05) is 29.8 Å². The predicted octanol–water partition coefficient (Wildman–Crippen LogP) is 3.62. The van der Waals surface area contributed by atoms with Gasteiger partial charge < -0.3 is 9.15 Å². The average Bonchev–Trinajstić information content (AvgIpc) is 3.00. The van der Waals surface area contributed by atoms with Crippen molar-refractivity contribution in [2.75, 3.05) is 0 Å². The summed E-state index contributed by atoms with van der Waals surface area (Å²) in [5.74, 6) is 1.32. The summed E-state index contributed by atoms with van der Waals surface area (Å²) < 4.78 is 10.9. The lowest BCUT2D eigenvalue weighted by molar-refractivity contribution is 0.306. The molecule has 0 N–H and O–H groups in total. The van der Waals surface area contributed by atoms with Crippen LogP contribution >= 0.6 is 0 Å². The van der Waals surface area contributed by atoms with Crippen molar-refractivity contribution in [2.45, 2.75) is 13.5 Å². The van der Waals surface area contributed by atoms with Gasteiger partial charge in [-0.15, -0.1) is 10.2 Å². The molecule has 0 fully saturated rings. The van der Waals surface area contributed by atoms with E-state index in [1.54, 1.807) is 0 Å². The monoisotopic (exact) mass is 266 g/mol. The first-order chi connectivity index (χ1) is 9.81. The third-order valence-electron chi connectivity index (χ3n) is 2.95. The van der Waals surface area contributed by atoms with Gasteiger partial charge >= 0.3 is 0 Å². The van der Waals surface area contributed by atoms with Crippen LogP contribution < -0.4 is 4.74 Å². The van der Waals surface area contributed by atoms with Crippen molar-refractivity contribution < 1.29 is 9.15 Å². The molecule has 100 valence electrons. The molecule has 0 spiro atoms. The third-order valence-corrected chi connectivity index (χ3v) is 2.95. The van der Waals surface area contributed by atoms with Crippen LogP contribution in [0.5, 0.6) is 5.75 Å². The molecule has 1 aromatic heterocycles. The fourth-order valence-electron chi connectivity index (χ4n) is 1.96. The Kier molecular flexibility index (Phi) is 3.46. The molecule has 0 atom stereocenters. The van der Waals surface area contributed by atoms with Crippen molar-refractivity contribution >= 4 is 0 Å². The van der Waals surface area contributed by atoms with Gasteiger partial charge in [0.25, 0.3) is 0 Å². The SMILES string of the molecule is Cc1cccc(COc2ccc(-c3nnco3)cc2)c1. The summed E-state index contributed by atoms with van der Waals surface area (Å²) in [4.78, 5) is 0. The minimum atomic E-state index is 0.509. The second kappa shape index (κ2) is 5.57. The zero-order chi connectivity index (χ0) is 13.8. The Morgan fingerprint density at radius 2 is 1.95 bits per heavy atom. The normalized spacial score (nSPS) is 10.4. The van der Waals surface area contributed by atoms with Gasteiger partial charge in [0.1, 0.15) is 12.4 Å². The van der Waals surface area contributed by atoms with Gasteiger partial charge in [0.15, 0.2) is 0 Å². The van der Waals surface area contributed by atoms with Crippen LogP contribution in [-0.4, -0.2) is 10.2 Å². The first-order valence-electron chi connectivity index (χ1n) is 6.36. The highest BCUT2D eigenvalue weighted by Gasteiger charge is 2.03. The largest absolute Gasteiger partial charge is 0.489 e. The highest BCUT2D eigenvalue weighted by molar-refractivity contribution is 5.53. The van der Waals surface area contributed by atoms with E-state index in [9.17, 15) is 0 Å². The molecule has 0 radical (unpaired) electrons. The Labute approximate surface area is 117 Å². The maximum atomic E-state index is 5.75. The zero-order valence-electron chi connectivity index (χ0n) is 11.1. The second-order valence-electron chi connectivity index (χ2n) is 4.55. The molecule has 4 heteroatoms. The fourth-order valence-corrected chi connectivity index (χ4v) is 1.96. The van der Waals surface area contributed by atoms with Gasteiger partial charge in [-0.25, -0.2) is 0 Å². The standard InChI is InChI=1S/C16H14N2O2/c1-12-3-2-4-13(9-12)10-19-15-7-5-14(6-8-15)16-18-17-11-20-16/h2-9,11H,10H2,1H3. The van der Waals surface area contributed by atoms with Gasteiger partial charge in [0.2, 0.25) is 12.3 Å². The van der Waals surface area contributed by atoms with Gasteiger partial charge in [0.05, 0.1) is 0 Å². The number of aromatic nitrogens is 2. The van der Waals surface area contributed by atoms with E-state index < -0.39 is 0 Å². The molecule has 0 aliphatic carbocycles. The van der Waals surface area contributed by atoms with Crippen LogP contribution in [0.3, 0.4) is 0 Å². The van der Waals surface area contributed by atoms with Crippen molar-refractivity contribution in [3.63, 3.8) is 0 Å². The van der Waals surface area contributed by atoms with E-state index in [1.165, 1.54) is 12.0 Å². The van der Waals surface area contributed by atoms with E-state index in [0.717, 1.165) is 16.9 Å². The first-order valence-corrected chi connectivity index (χ1v) is 6.36. The van der Waals surface area contributed by atoms with Crippen LogP contribution in [-0.2, 0) is 6.61 Å². The third kappa shape index (κ3) is 2.85. The number of hydrogen-bond donors (Lipinski definition) is 0. The molecule has 1 heterocycles. The van der Waals surface area contributed by atoms with E-state index in [4.69, 9.17) is 9.15 Å². The Balaban J connectivity index is 1.67. The summed E-state index contributed by atoms with van der Waals surface area (Å²) in [6, 6.07) is 15.9. The van der Waals surface area contributed by atoms with E-state index in [2.05, 4.69) is 35.3 Å². The molecular formula is C16H14N2O2. The lowest BCUT2D eigenvalue weighted by atomic mass is 10.1. The summed E-state index contributed by atoms with van der Waals surface area (Å²) in [5.41, 5.74) is 3.27. The minimum absolute atomic E-state index is 0.509. The lowest BCUT2D eigenvalue weighted by Crippen LogP contribution is -1.95. The summed E-state index contributed by atoms with van der Waals surface area (Å²) >= 11 is 0. The van der Waals surface area contributed by atoms with Crippen molar-refractivity contribution in [1.29, 1.82) is 0 Å². The van der Waals surface area contributed by atoms with Crippen LogP contribution in [0.15, 0.2) is 59.3 Å². The summed E-state index contributed by atoms with van der Waals surface area (Å²) in [5, 5.41) is 7.52. The molecule has 4 nitrogen and oxygen atoms in total. The molecule has 0 aliphatic heterocycles. The molecule has 0 saturated carbocycles. The molecule has 0 unspecified atom stereocenters. The number of nitrogens with zero attached hydrogens (tertiary/aromatic N) is 2.